The van der Waals surface area contributed by atoms with E-state index in [1.807, 2.05) is 54.6 Å². The first kappa shape index (κ1) is 22.0. The number of nitrogens with one attached hydrogen (secondary N) is 2. The molecule has 2 N–H and O–H groups in total. The number of hydrogen-bond donors (Lipinski definition) is 2. The molecule has 0 fully saturated rings. The van der Waals surface area contributed by atoms with Gasteiger partial charge in [0.15, 0.2) is 5.17 Å². The van der Waals surface area contributed by atoms with Crippen molar-refractivity contribution in [3.05, 3.63) is 89.8 Å². The number of nitrogens with zero attached hydrogens (tertiary/aromatic N) is 3. The van der Waals surface area contributed by atoms with Crippen molar-refractivity contribution < 1.29 is 9.53 Å². The number of thioether (sulfide) groups is 1. The lowest BCUT2D eigenvalue weighted by Gasteiger charge is -2.17. The van der Waals surface area contributed by atoms with Gasteiger partial charge in [-0.25, -0.2) is 4.79 Å². The highest BCUT2D eigenvalue weighted by atomic mass is 32.2. The quantitative estimate of drug-likeness (QED) is 0.326. The number of pyridine rings is 1. The molecule has 0 spiro atoms. The van der Waals surface area contributed by atoms with E-state index in [-0.39, 0.29) is 6.61 Å². The van der Waals surface area contributed by atoms with Crippen molar-refractivity contribution in [1.82, 2.24) is 15.3 Å². The van der Waals surface area contributed by atoms with E-state index < -0.39 is 6.09 Å². The number of amides is 1. The maximum absolute atomic E-state index is 12.2. The lowest BCUT2D eigenvalue weighted by Crippen LogP contribution is -2.28. The third-order valence-corrected chi connectivity index (χ3v) is 6.45. The molecule has 0 atom stereocenters. The Kier molecular flexibility index (Phi) is 6.76. The Labute approximate surface area is 201 Å². The lowest BCUT2D eigenvalue weighted by molar-refractivity contribution is 0.139. The van der Waals surface area contributed by atoms with Crippen molar-refractivity contribution in [3.8, 4) is 0 Å². The number of hydrogen-bond acceptors (Lipinski definition) is 6. The molecule has 0 unspecified atom stereocenters. The highest BCUT2D eigenvalue weighted by molar-refractivity contribution is 8.14. The molecule has 1 aliphatic heterocycles. The van der Waals surface area contributed by atoms with Crippen LogP contribution in [0.4, 0.5) is 4.79 Å². The molecule has 2 heterocycles. The number of fused-ring (bicyclic) bond motifs is 2. The number of carbonyl (C=O) groups is 1. The van der Waals surface area contributed by atoms with Crippen LogP contribution in [0.1, 0.15) is 5.56 Å². The molecule has 5 rings (SSSR count). The molecule has 1 aliphatic rings. The van der Waals surface area contributed by atoms with Crippen molar-refractivity contribution in [2.24, 2.45) is 10.1 Å². The fourth-order valence-corrected chi connectivity index (χ4v) is 4.67. The number of alkyl carbamates (subject to hydrolysis) is 1. The second-order valence-electron chi connectivity index (χ2n) is 7.78. The molecule has 7 nitrogen and oxygen atoms in total. The summed E-state index contributed by atoms with van der Waals surface area (Å²) in [5, 5.41) is 11.4. The Hall–Kier alpha value is -3.78. The van der Waals surface area contributed by atoms with Crippen molar-refractivity contribution >= 4 is 44.8 Å². The lowest BCUT2D eigenvalue weighted by atomic mass is 10.1. The summed E-state index contributed by atoms with van der Waals surface area (Å²) in [4.78, 5) is 16.7. The third kappa shape index (κ3) is 4.92. The Bertz CT molecular complexity index is 1360. The van der Waals surface area contributed by atoms with Crippen LogP contribution in [0.25, 0.3) is 21.8 Å². The van der Waals surface area contributed by atoms with Gasteiger partial charge >= 0.3 is 6.09 Å². The van der Waals surface area contributed by atoms with Gasteiger partial charge in [0.25, 0.3) is 0 Å². The molecule has 0 aliphatic carbocycles. The van der Waals surface area contributed by atoms with E-state index in [4.69, 9.17) is 9.84 Å². The number of aromatic nitrogens is 1. The smallest absolute Gasteiger partial charge is 0.407 e. The Morgan fingerprint density at radius 2 is 1.65 bits per heavy atom. The minimum atomic E-state index is -0.427. The molecule has 0 radical (unpaired) electrons. The number of para-hydroxylation sites is 2. The average molecular weight is 472 g/mol. The summed E-state index contributed by atoms with van der Waals surface area (Å²) in [6, 6.07) is 26.0. The van der Waals surface area contributed by atoms with E-state index in [1.54, 1.807) is 11.8 Å². The van der Waals surface area contributed by atoms with Crippen LogP contribution in [0.15, 0.2) is 89.0 Å². The summed E-state index contributed by atoms with van der Waals surface area (Å²) in [5.74, 6) is 0.981. The van der Waals surface area contributed by atoms with Crippen LogP contribution in [0.3, 0.4) is 0 Å². The first-order chi connectivity index (χ1) is 16.8. The first-order valence-electron chi connectivity index (χ1n) is 11.2. The van der Waals surface area contributed by atoms with Gasteiger partial charge in [-0.15, -0.1) is 0 Å². The summed E-state index contributed by atoms with van der Waals surface area (Å²) >= 11 is 1.68. The van der Waals surface area contributed by atoms with Gasteiger partial charge in [0.1, 0.15) is 12.0 Å². The fraction of sp³-hybridized carbons (Fsp3) is 0.192. The van der Waals surface area contributed by atoms with Crippen LogP contribution in [0.5, 0.6) is 0 Å². The SMILES string of the molecule is O=C(NCCn1c2ccccc2c(=NNC2=NCCS2)c2ccccc21)OCc1ccccc1. The average Bonchev–Trinajstić information content (AvgIpc) is 3.41. The molecule has 1 amide bonds. The second-order valence-corrected chi connectivity index (χ2v) is 8.87. The van der Waals surface area contributed by atoms with Gasteiger partial charge in [-0.1, -0.05) is 78.5 Å². The number of rotatable bonds is 6. The normalized spacial score (nSPS) is 13.0. The van der Waals surface area contributed by atoms with Crippen LogP contribution in [-0.2, 0) is 17.9 Å². The zero-order valence-corrected chi connectivity index (χ0v) is 19.4. The summed E-state index contributed by atoms with van der Waals surface area (Å²) in [7, 11) is 0. The molecule has 0 saturated heterocycles. The van der Waals surface area contributed by atoms with Crippen LogP contribution in [0, 0.1) is 0 Å². The van der Waals surface area contributed by atoms with E-state index >= 15 is 0 Å². The van der Waals surface area contributed by atoms with Crippen molar-refractivity contribution in [2.75, 3.05) is 18.8 Å². The van der Waals surface area contributed by atoms with Gasteiger partial charge in [-0.05, 0) is 17.7 Å². The number of carbonyl (C=O) groups excluding carboxylic acids is 1. The van der Waals surface area contributed by atoms with Crippen molar-refractivity contribution in [1.29, 1.82) is 0 Å². The monoisotopic (exact) mass is 471 g/mol. The molecular formula is C26H25N5O2S. The minimum absolute atomic E-state index is 0.248. The van der Waals surface area contributed by atoms with E-state index in [2.05, 4.69) is 44.6 Å². The third-order valence-electron chi connectivity index (χ3n) is 5.57. The number of aliphatic imine (C=N–C) groups is 1. The van der Waals surface area contributed by atoms with E-state index in [1.165, 1.54) is 0 Å². The van der Waals surface area contributed by atoms with Gasteiger partial charge in [0, 0.05) is 29.6 Å². The van der Waals surface area contributed by atoms with Gasteiger partial charge < -0.3 is 14.6 Å². The maximum atomic E-state index is 12.2. The summed E-state index contributed by atoms with van der Waals surface area (Å²) in [5.41, 5.74) is 6.19. The van der Waals surface area contributed by atoms with Crippen LogP contribution < -0.4 is 16.1 Å². The first-order valence-corrected chi connectivity index (χ1v) is 12.2. The van der Waals surface area contributed by atoms with Gasteiger partial charge in [0.2, 0.25) is 0 Å². The largest absolute Gasteiger partial charge is 0.445 e. The Morgan fingerprint density at radius 3 is 2.32 bits per heavy atom. The zero-order valence-electron chi connectivity index (χ0n) is 18.6. The standard InChI is InChI=1S/C26H25N5O2S/c32-26(33-18-19-8-2-1-3-9-19)28-14-16-31-22-12-6-4-10-20(22)24(21-11-5-7-13-23(21)31)29-30-25-27-15-17-34-25/h1-13H,14-18H2,(H,27,30)(H,28,32). The van der Waals surface area contributed by atoms with E-state index in [0.29, 0.717) is 13.1 Å². The molecular weight excluding hydrogens is 446 g/mol. The number of amidine groups is 1. The molecule has 3 aromatic carbocycles. The predicted molar refractivity (Wildman–Crippen MR) is 138 cm³/mol. The van der Waals surface area contributed by atoms with E-state index in [9.17, 15) is 4.79 Å². The molecule has 4 aromatic rings. The van der Waals surface area contributed by atoms with Gasteiger partial charge in [-0.3, -0.25) is 10.4 Å². The minimum Gasteiger partial charge on any atom is -0.445 e. The summed E-state index contributed by atoms with van der Waals surface area (Å²) in [6.07, 6.45) is -0.427. The number of ether oxygens (including phenoxy) is 1. The molecule has 0 bridgehead atoms. The van der Waals surface area contributed by atoms with Crippen LogP contribution in [-0.4, -0.2) is 34.7 Å². The Morgan fingerprint density at radius 1 is 0.971 bits per heavy atom. The fourth-order valence-electron chi connectivity index (χ4n) is 4.01. The molecule has 1 aromatic heterocycles. The van der Waals surface area contributed by atoms with Crippen molar-refractivity contribution in [3.63, 3.8) is 0 Å². The van der Waals surface area contributed by atoms with E-state index in [0.717, 1.165) is 50.2 Å². The van der Waals surface area contributed by atoms with Gasteiger partial charge in [-0.2, -0.15) is 5.10 Å². The maximum Gasteiger partial charge on any atom is 0.407 e. The van der Waals surface area contributed by atoms with Crippen LogP contribution in [0.2, 0.25) is 0 Å². The second kappa shape index (κ2) is 10.4. The highest BCUT2D eigenvalue weighted by Crippen LogP contribution is 2.19. The Balaban J connectivity index is 1.39. The van der Waals surface area contributed by atoms with Crippen molar-refractivity contribution in [2.45, 2.75) is 13.2 Å². The number of benzene rings is 3. The topological polar surface area (TPSA) is 80.0 Å². The summed E-state index contributed by atoms with van der Waals surface area (Å²) < 4.78 is 7.56. The van der Waals surface area contributed by atoms with Crippen LogP contribution >= 0.6 is 11.8 Å². The molecule has 8 heteroatoms. The molecule has 34 heavy (non-hydrogen) atoms. The predicted octanol–water partition coefficient (Wildman–Crippen LogP) is 4.23. The summed E-state index contributed by atoms with van der Waals surface area (Å²) in [6.45, 7) is 2.10. The zero-order chi connectivity index (χ0) is 23.2. The van der Waals surface area contributed by atoms with Gasteiger partial charge in [0.05, 0.1) is 17.6 Å². The molecule has 0 saturated carbocycles. The highest BCUT2D eigenvalue weighted by Gasteiger charge is 2.11. The molecule has 172 valence electrons.